The predicted molar refractivity (Wildman–Crippen MR) is 210 cm³/mol. The van der Waals surface area contributed by atoms with Crippen LogP contribution < -0.4 is 51.4 Å². The minimum atomic E-state index is -4.91. The number of aliphatic hydroxyl groups is 2. The Morgan fingerprint density at radius 1 is 0.519 bits per heavy atom. The van der Waals surface area contributed by atoms with Gasteiger partial charge in [0.2, 0.25) is 9.87 Å². The molecule has 0 aliphatic rings. The second-order valence-electron chi connectivity index (χ2n) is 13.8. The molecule has 2 unspecified atom stereocenters. The molecule has 14 heteroatoms. The predicted octanol–water partition coefficient (Wildman–Crippen LogP) is 4.99. The molecule has 2 aromatic rings. The molecule has 2 aromatic carbocycles. The Bertz CT molecular complexity index is 1370. The van der Waals surface area contributed by atoms with Crippen LogP contribution in [0.3, 0.4) is 0 Å². The zero-order valence-corrected chi connectivity index (χ0v) is 37.8. The van der Waals surface area contributed by atoms with E-state index in [1.54, 1.807) is 48.5 Å². The first-order valence-electron chi connectivity index (χ1n) is 19.6. The van der Waals surface area contributed by atoms with E-state index in [9.17, 15) is 36.2 Å². The average molecular weight is 827 g/mol. The van der Waals surface area contributed by atoms with Crippen molar-refractivity contribution in [3.63, 3.8) is 0 Å². The van der Waals surface area contributed by atoms with Crippen molar-refractivity contribution in [3.05, 3.63) is 70.8 Å². The molecule has 0 bridgehead atoms. The summed E-state index contributed by atoms with van der Waals surface area (Å²) in [6.45, 7) is 2.03. The zero-order valence-electron chi connectivity index (χ0n) is 34.1. The van der Waals surface area contributed by atoms with Gasteiger partial charge in [0.05, 0.1) is 39.6 Å². The van der Waals surface area contributed by atoms with Crippen molar-refractivity contribution < 1.29 is 103 Å². The third-order valence-corrected chi connectivity index (χ3v) is 12.5. The van der Waals surface area contributed by atoms with E-state index < -0.39 is 43.3 Å². The summed E-state index contributed by atoms with van der Waals surface area (Å²) < 4.78 is 89.7. The Balaban J connectivity index is 0.0000146. The first kappa shape index (κ1) is 51.7. The van der Waals surface area contributed by atoms with E-state index in [0.29, 0.717) is 0 Å². The SMILES string of the molecule is CCCCCCCCCc1ccc(C(CCOCCC(OCCO)(c2ccc(CCCCCCCCC)cc2)S(=O)(=O)O)(OCCO)S(=O)(=O)O)cc1.[H-].[K+]. The number of hydrogen-bond acceptors (Lipinski definition) is 9. The molecule has 0 heterocycles. The van der Waals surface area contributed by atoms with Crippen LogP contribution >= 0.6 is 0 Å². The molecule has 0 radical (unpaired) electrons. The Morgan fingerprint density at radius 3 is 1.13 bits per heavy atom. The smallest absolute Gasteiger partial charge is 1.00 e. The standard InChI is InChI=1S/C40H66O11S2.K.H/c1-3-5-7-9-11-13-15-17-35-19-23-37(24-20-35)39(50-33-29-41,52(43,44)45)27-31-49-32-28-40(51-34-30-42,53(46,47)48)38-25-21-36(22-26-38)18-16-14-12-10-8-6-4-2;;/h19-26,41-42H,3-18,27-34H2,1-2H3,(H,43,44,45)(H,46,47,48);;/q;+1;-1. The van der Waals surface area contributed by atoms with Crippen LogP contribution in [0.25, 0.3) is 0 Å². The molecule has 0 amide bonds. The number of aryl methyl sites for hydroxylation is 2. The summed E-state index contributed by atoms with van der Waals surface area (Å²) in [7, 11) is -9.82. The van der Waals surface area contributed by atoms with Gasteiger partial charge in [0.15, 0.2) is 0 Å². The summed E-state index contributed by atoms with van der Waals surface area (Å²) >= 11 is 0. The summed E-state index contributed by atoms with van der Waals surface area (Å²) in [5, 5.41) is 19.0. The molecule has 0 aliphatic heterocycles. The van der Waals surface area contributed by atoms with Gasteiger partial charge in [-0.05, 0) is 36.8 Å². The van der Waals surface area contributed by atoms with E-state index >= 15 is 0 Å². The number of benzene rings is 2. The molecule has 2 atom stereocenters. The van der Waals surface area contributed by atoms with E-state index in [1.807, 2.05) is 0 Å². The van der Waals surface area contributed by atoms with Crippen LogP contribution in [0.4, 0.5) is 0 Å². The molecular formula is C40H67KO11S2. The maximum Gasteiger partial charge on any atom is 1.00 e. The molecule has 0 saturated heterocycles. The van der Waals surface area contributed by atoms with Gasteiger partial charge in [-0.15, -0.1) is 0 Å². The third kappa shape index (κ3) is 17.3. The van der Waals surface area contributed by atoms with Gasteiger partial charge in [-0.3, -0.25) is 9.11 Å². The van der Waals surface area contributed by atoms with Crippen LogP contribution in [0.5, 0.6) is 0 Å². The molecule has 0 aliphatic carbocycles. The first-order chi connectivity index (χ1) is 25.4. The Hall–Kier alpha value is -0.304. The summed E-state index contributed by atoms with van der Waals surface area (Å²) in [5.41, 5.74) is 2.35. The minimum absolute atomic E-state index is 0. The maximum atomic E-state index is 12.9. The monoisotopic (exact) mass is 826 g/mol. The molecule has 0 fully saturated rings. The average Bonchev–Trinajstić information content (AvgIpc) is 3.13. The normalized spacial score (nSPS) is 14.3. The number of aliphatic hydroxyl groups excluding tert-OH is 2. The quantitative estimate of drug-likeness (QED) is 0.0445. The second kappa shape index (κ2) is 28.2. The molecule has 0 spiro atoms. The van der Waals surface area contributed by atoms with Crippen LogP contribution in [-0.2, 0) is 57.2 Å². The summed E-state index contributed by atoms with van der Waals surface area (Å²) in [4.78, 5) is -4.52. The molecule has 54 heavy (non-hydrogen) atoms. The summed E-state index contributed by atoms with van der Waals surface area (Å²) in [5.74, 6) is 0. The van der Waals surface area contributed by atoms with Gasteiger partial charge in [0.25, 0.3) is 20.2 Å². The molecule has 0 saturated carbocycles. The van der Waals surface area contributed by atoms with Crippen LogP contribution in [-0.4, -0.2) is 75.8 Å². The van der Waals surface area contributed by atoms with Gasteiger partial charge in [-0.25, -0.2) is 0 Å². The van der Waals surface area contributed by atoms with Crippen LogP contribution in [0, 0.1) is 0 Å². The van der Waals surface area contributed by atoms with Gasteiger partial charge >= 0.3 is 51.4 Å². The van der Waals surface area contributed by atoms with Gasteiger partial charge in [-0.1, -0.05) is 139 Å². The van der Waals surface area contributed by atoms with Gasteiger partial charge in [-0.2, -0.15) is 16.8 Å². The fourth-order valence-electron chi connectivity index (χ4n) is 6.66. The van der Waals surface area contributed by atoms with Crippen molar-refractivity contribution in [2.45, 2.75) is 139 Å². The van der Waals surface area contributed by atoms with Crippen LogP contribution in [0.15, 0.2) is 48.5 Å². The fraction of sp³-hybridized carbons (Fsp3) is 0.700. The van der Waals surface area contributed by atoms with Crippen molar-refractivity contribution in [3.8, 4) is 0 Å². The Labute approximate surface area is 369 Å². The first-order valence-corrected chi connectivity index (χ1v) is 22.5. The molecule has 11 nitrogen and oxygen atoms in total. The molecular weight excluding hydrogens is 760 g/mol. The molecule has 0 aromatic heterocycles. The Morgan fingerprint density at radius 2 is 0.833 bits per heavy atom. The third-order valence-electron chi connectivity index (χ3n) is 9.76. The van der Waals surface area contributed by atoms with Gasteiger partial charge in [0, 0.05) is 24.0 Å². The number of hydrogen-bond donors (Lipinski definition) is 4. The topological polar surface area (TPSA) is 177 Å². The van der Waals surface area contributed by atoms with Crippen molar-refractivity contribution in [2.24, 2.45) is 0 Å². The van der Waals surface area contributed by atoms with Crippen molar-refractivity contribution >= 4 is 20.2 Å². The van der Waals surface area contributed by atoms with E-state index in [-0.39, 0.29) is 103 Å². The van der Waals surface area contributed by atoms with Crippen LogP contribution in [0.1, 0.15) is 140 Å². The van der Waals surface area contributed by atoms with Gasteiger partial charge < -0.3 is 25.9 Å². The van der Waals surface area contributed by atoms with E-state index in [2.05, 4.69) is 13.8 Å². The number of ether oxygens (including phenoxy) is 3. The van der Waals surface area contributed by atoms with Gasteiger partial charge in [0.1, 0.15) is 0 Å². The van der Waals surface area contributed by atoms with E-state index in [1.165, 1.54) is 64.2 Å². The molecule has 4 N–H and O–H groups in total. The maximum absolute atomic E-state index is 12.9. The van der Waals surface area contributed by atoms with Crippen molar-refractivity contribution in [2.75, 3.05) is 39.6 Å². The summed E-state index contributed by atoms with van der Waals surface area (Å²) in [6.07, 6.45) is 17.2. The number of rotatable bonds is 32. The zero-order chi connectivity index (χ0) is 39.1. The second-order valence-corrected chi connectivity index (χ2v) is 17.1. The van der Waals surface area contributed by atoms with E-state index in [0.717, 1.165) is 49.7 Å². The van der Waals surface area contributed by atoms with E-state index in [4.69, 9.17) is 14.2 Å². The number of unbranched alkanes of at least 4 members (excludes halogenated alkanes) is 12. The van der Waals surface area contributed by atoms with Crippen molar-refractivity contribution in [1.29, 1.82) is 0 Å². The molecule has 2 rings (SSSR count). The Kier molecular flexibility index (Phi) is 27.0. The molecule has 306 valence electrons. The fourth-order valence-corrected chi connectivity index (χ4v) is 8.68. The van der Waals surface area contributed by atoms with Crippen molar-refractivity contribution in [1.82, 2.24) is 0 Å². The minimum Gasteiger partial charge on any atom is -1.00 e. The van der Waals surface area contributed by atoms with Crippen LogP contribution in [0.2, 0.25) is 0 Å². The summed E-state index contributed by atoms with van der Waals surface area (Å²) in [6, 6.07) is 13.6. The largest absolute Gasteiger partial charge is 1.00 e.